The van der Waals surface area contributed by atoms with Gasteiger partial charge in [-0.15, -0.1) is 0 Å². The summed E-state index contributed by atoms with van der Waals surface area (Å²) in [6, 6.07) is 0. The molecular weight excluding hydrogens is 254 g/mol. The molecule has 20 heavy (non-hydrogen) atoms. The summed E-state index contributed by atoms with van der Waals surface area (Å²) in [4.78, 5) is 0. The van der Waals surface area contributed by atoms with Crippen LogP contribution < -0.4 is 5.32 Å². The molecule has 0 saturated heterocycles. The summed E-state index contributed by atoms with van der Waals surface area (Å²) in [6.45, 7) is 6.61. The Morgan fingerprint density at radius 1 is 0.950 bits per heavy atom. The van der Waals surface area contributed by atoms with E-state index >= 15 is 0 Å². The van der Waals surface area contributed by atoms with Crippen LogP contribution in [-0.2, 0) is 4.74 Å². The molecule has 122 valence electrons. The second kappa shape index (κ2) is 15.2. The van der Waals surface area contributed by atoms with E-state index in [0.717, 1.165) is 32.4 Å². The molecule has 0 heterocycles. The summed E-state index contributed by atoms with van der Waals surface area (Å²) in [5.74, 6) is 0. The number of ether oxygens (including phenoxy) is 1. The Morgan fingerprint density at radius 2 is 1.65 bits per heavy atom. The van der Waals surface area contributed by atoms with E-state index < -0.39 is 6.10 Å². The van der Waals surface area contributed by atoms with Crippen molar-refractivity contribution in [3.05, 3.63) is 0 Å². The van der Waals surface area contributed by atoms with Gasteiger partial charge in [-0.2, -0.15) is 0 Å². The third kappa shape index (κ3) is 14.3. The molecule has 0 aromatic carbocycles. The smallest absolute Gasteiger partial charge is 0.0897 e. The first-order chi connectivity index (χ1) is 9.70. The molecule has 0 aromatic rings. The van der Waals surface area contributed by atoms with Gasteiger partial charge in [0.15, 0.2) is 0 Å². The first-order valence-corrected chi connectivity index (χ1v) is 8.35. The zero-order valence-electron chi connectivity index (χ0n) is 13.4. The van der Waals surface area contributed by atoms with Crippen LogP contribution in [0.4, 0.5) is 0 Å². The Kier molecular flexibility index (Phi) is 15.1. The quantitative estimate of drug-likeness (QED) is 0.405. The maximum Gasteiger partial charge on any atom is 0.0897 e. The topological polar surface area (TPSA) is 61.7 Å². The van der Waals surface area contributed by atoms with Crippen LogP contribution >= 0.6 is 0 Å². The molecule has 0 saturated carbocycles. The highest BCUT2D eigenvalue weighted by Crippen LogP contribution is 2.04. The molecule has 2 unspecified atom stereocenters. The van der Waals surface area contributed by atoms with E-state index in [9.17, 15) is 10.2 Å². The molecule has 0 aliphatic heterocycles. The average molecular weight is 289 g/mol. The lowest BCUT2D eigenvalue weighted by atomic mass is 10.1. The van der Waals surface area contributed by atoms with E-state index in [4.69, 9.17) is 4.74 Å². The molecule has 4 nitrogen and oxygen atoms in total. The lowest BCUT2D eigenvalue weighted by molar-refractivity contribution is 0.0350. The largest absolute Gasteiger partial charge is 0.393 e. The third-order valence-electron chi connectivity index (χ3n) is 3.46. The van der Waals surface area contributed by atoms with Gasteiger partial charge in [0, 0.05) is 13.2 Å². The van der Waals surface area contributed by atoms with Gasteiger partial charge < -0.3 is 20.3 Å². The van der Waals surface area contributed by atoms with Gasteiger partial charge in [0.25, 0.3) is 0 Å². The number of aliphatic hydroxyl groups is 2. The maximum atomic E-state index is 9.69. The van der Waals surface area contributed by atoms with Crippen molar-refractivity contribution < 1.29 is 14.9 Å². The van der Waals surface area contributed by atoms with Crippen LogP contribution in [0.15, 0.2) is 0 Å². The normalized spacial score (nSPS) is 14.4. The molecule has 2 atom stereocenters. The fourth-order valence-electron chi connectivity index (χ4n) is 2.00. The molecule has 0 rings (SSSR count). The number of nitrogens with one attached hydrogen (secondary N) is 1. The molecule has 0 aromatic heterocycles. The lowest BCUT2D eigenvalue weighted by Crippen LogP contribution is -2.32. The third-order valence-corrected chi connectivity index (χ3v) is 3.46. The summed E-state index contributed by atoms with van der Waals surface area (Å²) in [6.07, 6.45) is 8.39. The summed E-state index contributed by atoms with van der Waals surface area (Å²) in [7, 11) is 0. The standard InChI is InChI=1S/C16H35NO3/c1-3-5-6-7-8-9-12-20-14-16(19)13-17-11-10-15(18)4-2/h15-19H,3-14H2,1-2H3. The lowest BCUT2D eigenvalue weighted by Gasteiger charge is -2.13. The van der Waals surface area contributed by atoms with Crippen LogP contribution in [-0.4, -0.2) is 48.7 Å². The molecule has 0 fully saturated rings. The fraction of sp³-hybridized carbons (Fsp3) is 1.00. The van der Waals surface area contributed by atoms with Gasteiger partial charge in [-0.1, -0.05) is 46.0 Å². The molecule has 0 radical (unpaired) electrons. The van der Waals surface area contributed by atoms with Crippen LogP contribution in [0.3, 0.4) is 0 Å². The first kappa shape index (κ1) is 19.8. The van der Waals surface area contributed by atoms with Gasteiger partial charge in [-0.25, -0.2) is 0 Å². The number of hydrogen-bond acceptors (Lipinski definition) is 4. The summed E-state index contributed by atoms with van der Waals surface area (Å²) in [5, 5.41) is 22.2. The molecule has 0 bridgehead atoms. The van der Waals surface area contributed by atoms with E-state index in [1.807, 2.05) is 6.92 Å². The van der Waals surface area contributed by atoms with Crippen LogP contribution in [0.25, 0.3) is 0 Å². The van der Waals surface area contributed by atoms with Crippen molar-refractivity contribution in [2.75, 3.05) is 26.3 Å². The SMILES string of the molecule is CCCCCCCCOCC(O)CNCCC(O)CC. The molecule has 0 aliphatic carbocycles. The van der Waals surface area contributed by atoms with Crippen molar-refractivity contribution >= 4 is 0 Å². The molecule has 4 heteroatoms. The van der Waals surface area contributed by atoms with Gasteiger partial charge in [-0.05, 0) is 25.8 Å². The Balaban J connectivity index is 3.18. The van der Waals surface area contributed by atoms with Gasteiger partial charge in [0.1, 0.15) is 0 Å². The van der Waals surface area contributed by atoms with E-state index in [1.54, 1.807) is 0 Å². The Labute approximate surface area is 124 Å². The summed E-state index contributed by atoms with van der Waals surface area (Å²) in [5.41, 5.74) is 0. The van der Waals surface area contributed by atoms with E-state index in [-0.39, 0.29) is 6.10 Å². The minimum atomic E-state index is -0.450. The number of rotatable bonds is 15. The Hall–Kier alpha value is -0.160. The summed E-state index contributed by atoms with van der Waals surface area (Å²) < 4.78 is 5.46. The van der Waals surface area contributed by atoms with Crippen molar-refractivity contribution in [3.63, 3.8) is 0 Å². The first-order valence-electron chi connectivity index (χ1n) is 8.35. The van der Waals surface area contributed by atoms with Crippen LogP contribution in [0.2, 0.25) is 0 Å². The van der Waals surface area contributed by atoms with E-state index in [0.29, 0.717) is 13.2 Å². The molecule has 3 N–H and O–H groups in total. The number of aliphatic hydroxyl groups excluding tert-OH is 2. The number of hydrogen-bond donors (Lipinski definition) is 3. The number of unbranched alkanes of at least 4 members (excludes halogenated alkanes) is 5. The molecule has 0 amide bonds. The van der Waals surface area contributed by atoms with Gasteiger partial charge in [0.05, 0.1) is 18.8 Å². The van der Waals surface area contributed by atoms with E-state index in [1.165, 1.54) is 32.1 Å². The maximum absolute atomic E-state index is 9.69. The van der Waals surface area contributed by atoms with Crippen LogP contribution in [0.5, 0.6) is 0 Å². The minimum Gasteiger partial charge on any atom is -0.393 e. The van der Waals surface area contributed by atoms with Crippen LogP contribution in [0, 0.1) is 0 Å². The highest BCUT2D eigenvalue weighted by atomic mass is 16.5. The second-order valence-corrected chi connectivity index (χ2v) is 5.55. The predicted molar refractivity (Wildman–Crippen MR) is 84.0 cm³/mol. The van der Waals surface area contributed by atoms with E-state index in [2.05, 4.69) is 12.2 Å². The average Bonchev–Trinajstić information content (AvgIpc) is 2.46. The highest BCUT2D eigenvalue weighted by molar-refractivity contribution is 4.61. The molecule has 0 spiro atoms. The zero-order chi connectivity index (χ0) is 15.1. The van der Waals surface area contributed by atoms with Crippen molar-refractivity contribution in [2.24, 2.45) is 0 Å². The van der Waals surface area contributed by atoms with Gasteiger partial charge >= 0.3 is 0 Å². The second-order valence-electron chi connectivity index (χ2n) is 5.55. The highest BCUT2D eigenvalue weighted by Gasteiger charge is 2.04. The monoisotopic (exact) mass is 289 g/mol. The Bertz CT molecular complexity index is 191. The van der Waals surface area contributed by atoms with Crippen molar-refractivity contribution in [2.45, 2.75) is 77.4 Å². The minimum absolute atomic E-state index is 0.233. The molecule has 0 aliphatic rings. The van der Waals surface area contributed by atoms with Crippen molar-refractivity contribution in [1.29, 1.82) is 0 Å². The molecular formula is C16H35NO3. The van der Waals surface area contributed by atoms with Gasteiger partial charge in [-0.3, -0.25) is 0 Å². The summed E-state index contributed by atoms with van der Waals surface area (Å²) >= 11 is 0. The van der Waals surface area contributed by atoms with Crippen LogP contribution in [0.1, 0.15) is 65.2 Å². The van der Waals surface area contributed by atoms with Gasteiger partial charge in [0.2, 0.25) is 0 Å². The van der Waals surface area contributed by atoms with Crippen molar-refractivity contribution in [1.82, 2.24) is 5.32 Å². The zero-order valence-corrected chi connectivity index (χ0v) is 13.4. The predicted octanol–water partition coefficient (Wildman–Crippen LogP) is 2.48. The van der Waals surface area contributed by atoms with Crippen molar-refractivity contribution in [3.8, 4) is 0 Å². The fourth-order valence-corrected chi connectivity index (χ4v) is 2.00. The Morgan fingerprint density at radius 3 is 2.35 bits per heavy atom.